The van der Waals surface area contributed by atoms with E-state index < -0.39 is 0 Å². The van der Waals surface area contributed by atoms with Crippen molar-refractivity contribution in [3.63, 3.8) is 0 Å². The monoisotopic (exact) mass is 345 g/mol. The minimum Gasteiger partial charge on any atom is -0.489 e. The number of carbonyl (C=O) groups is 1. The lowest BCUT2D eigenvalue weighted by molar-refractivity contribution is 0.0857. The Bertz CT molecular complexity index is 681. The summed E-state index contributed by atoms with van der Waals surface area (Å²) in [5.74, 6) is 0.605. The summed E-state index contributed by atoms with van der Waals surface area (Å²) in [7, 11) is 0. The summed E-state index contributed by atoms with van der Waals surface area (Å²) in [6, 6.07) is 14.7. The van der Waals surface area contributed by atoms with Gasteiger partial charge in [-0.3, -0.25) is 4.79 Å². The minimum absolute atomic E-state index is 0.0943. The highest BCUT2D eigenvalue weighted by molar-refractivity contribution is 6.31. The second-order valence-electron chi connectivity index (χ2n) is 5.75. The molecule has 0 unspecified atom stereocenters. The molecule has 1 aliphatic rings. The lowest BCUT2D eigenvalue weighted by atomic mass is 10.2. The molecule has 1 fully saturated rings. The van der Waals surface area contributed by atoms with E-state index in [9.17, 15) is 4.79 Å². The third-order valence-electron chi connectivity index (χ3n) is 3.98. The minimum atomic E-state index is -0.0943. The Balaban J connectivity index is 1.51. The molecule has 0 aliphatic carbocycles. The second kappa shape index (κ2) is 8.18. The molecule has 1 heterocycles. The van der Waals surface area contributed by atoms with Crippen LogP contribution in [0.3, 0.4) is 0 Å². The summed E-state index contributed by atoms with van der Waals surface area (Å²) in [5.41, 5.74) is 1.54. The summed E-state index contributed by atoms with van der Waals surface area (Å²) >= 11 is 6.10. The van der Waals surface area contributed by atoms with Crippen LogP contribution in [-0.2, 0) is 11.3 Å². The summed E-state index contributed by atoms with van der Waals surface area (Å²) in [6.07, 6.45) is 2.22. The Morgan fingerprint density at radius 2 is 2.00 bits per heavy atom. The van der Waals surface area contributed by atoms with Crippen molar-refractivity contribution in [3.8, 4) is 5.75 Å². The van der Waals surface area contributed by atoms with E-state index in [0.717, 1.165) is 25.0 Å². The molecule has 0 saturated carbocycles. The fourth-order valence-electron chi connectivity index (χ4n) is 2.59. The smallest absolute Gasteiger partial charge is 0.251 e. The lowest BCUT2D eigenvalue weighted by Gasteiger charge is -2.11. The van der Waals surface area contributed by atoms with Gasteiger partial charge in [0.1, 0.15) is 12.4 Å². The maximum absolute atomic E-state index is 12.1. The molecule has 24 heavy (non-hydrogen) atoms. The first-order valence-electron chi connectivity index (χ1n) is 8.08. The molecule has 0 radical (unpaired) electrons. The fourth-order valence-corrected chi connectivity index (χ4v) is 2.78. The van der Waals surface area contributed by atoms with Gasteiger partial charge < -0.3 is 14.8 Å². The number of ether oxygens (including phenoxy) is 2. The van der Waals surface area contributed by atoms with Gasteiger partial charge in [0, 0.05) is 29.3 Å². The van der Waals surface area contributed by atoms with Crippen LogP contribution in [0.1, 0.15) is 28.8 Å². The van der Waals surface area contributed by atoms with E-state index in [4.69, 9.17) is 21.1 Å². The molecule has 0 spiro atoms. The van der Waals surface area contributed by atoms with E-state index in [1.807, 2.05) is 24.3 Å². The molecular weight excluding hydrogens is 326 g/mol. The van der Waals surface area contributed by atoms with Gasteiger partial charge in [0.25, 0.3) is 5.91 Å². The molecule has 1 aliphatic heterocycles. The van der Waals surface area contributed by atoms with Crippen LogP contribution in [0.15, 0.2) is 48.5 Å². The Morgan fingerprint density at radius 3 is 2.71 bits per heavy atom. The van der Waals surface area contributed by atoms with Crippen molar-refractivity contribution < 1.29 is 14.3 Å². The van der Waals surface area contributed by atoms with Crippen LogP contribution in [0.4, 0.5) is 0 Å². The van der Waals surface area contributed by atoms with E-state index in [2.05, 4.69) is 5.32 Å². The SMILES string of the molecule is O=C(NC[C@@H]1CCCO1)c1ccc(OCc2ccccc2Cl)cc1. The Labute approximate surface area is 146 Å². The van der Waals surface area contributed by atoms with Gasteiger partial charge >= 0.3 is 0 Å². The van der Waals surface area contributed by atoms with Crippen molar-refractivity contribution in [3.05, 3.63) is 64.7 Å². The van der Waals surface area contributed by atoms with Crippen LogP contribution >= 0.6 is 11.6 Å². The van der Waals surface area contributed by atoms with Crippen molar-refractivity contribution in [1.82, 2.24) is 5.32 Å². The fraction of sp³-hybridized carbons (Fsp3) is 0.316. The predicted molar refractivity (Wildman–Crippen MR) is 93.5 cm³/mol. The molecule has 4 nitrogen and oxygen atoms in total. The maximum atomic E-state index is 12.1. The molecule has 2 aromatic carbocycles. The summed E-state index contributed by atoms with van der Waals surface area (Å²) < 4.78 is 11.2. The third kappa shape index (κ3) is 4.49. The molecule has 3 rings (SSSR count). The number of hydrogen-bond donors (Lipinski definition) is 1. The van der Waals surface area contributed by atoms with E-state index in [-0.39, 0.29) is 12.0 Å². The number of halogens is 1. The number of benzene rings is 2. The van der Waals surface area contributed by atoms with Gasteiger partial charge in [-0.1, -0.05) is 29.8 Å². The largest absolute Gasteiger partial charge is 0.489 e. The first-order chi connectivity index (χ1) is 11.7. The maximum Gasteiger partial charge on any atom is 0.251 e. The zero-order chi connectivity index (χ0) is 16.8. The van der Waals surface area contributed by atoms with Crippen LogP contribution in [0.2, 0.25) is 5.02 Å². The van der Waals surface area contributed by atoms with Gasteiger partial charge in [-0.05, 0) is 43.2 Å². The average molecular weight is 346 g/mol. The molecule has 126 valence electrons. The van der Waals surface area contributed by atoms with E-state index >= 15 is 0 Å². The molecule has 2 aromatic rings. The normalized spacial score (nSPS) is 16.8. The number of carbonyl (C=O) groups excluding carboxylic acids is 1. The first kappa shape index (κ1) is 16.8. The number of amides is 1. The van der Waals surface area contributed by atoms with E-state index in [1.165, 1.54) is 0 Å². The summed E-state index contributed by atoms with van der Waals surface area (Å²) in [4.78, 5) is 12.1. The summed E-state index contributed by atoms with van der Waals surface area (Å²) in [6.45, 7) is 1.74. The first-order valence-corrected chi connectivity index (χ1v) is 8.46. The van der Waals surface area contributed by atoms with E-state index in [0.29, 0.717) is 29.5 Å². The van der Waals surface area contributed by atoms with Gasteiger partial charge in [0.2, 0.25) is 0 Å². The van der Waals surface area contributed by atoms with Crippen molar-refractivity contribution in [2.24, 2.45) is 0 Å². The number of nitrogens with one attached hydrogen (secondary N) is 1. The van der Waals surface area contributed by atoms with Crippen molar-refractivity contribution in [2.75, 3.05) is 13.2 Å². The molecule has 0 aromatic heterocycles. The van der Waals surface area contributed by atoms with Crippen LogP contribution < -0.4 is 10.1 Å². The zero-order valence-electron chi connectivity index (χ0n) is 13.3. The van der Waals surface area contributed by atoms with Crippen LogP contribution in [-0.4, -0.2) is 25.2 Å². The van der Waals surface area contributed by atoms with Crippen molar-refractivity contribution in [1.29, 1.82) is 0 Å². The van der Waals surface area contributed by atoms with Gasteiger partial charge in [0.05, 0.1) is 6.10 Å². The standard InChI is InChI=1S/C19H20ClNO3/c20-18-6-2-1-4-15(18)13-24-16-9-7-14(8-10-16)19(22)21-12-17-5-3-11-23-17/h1-2,4,6-10,17H,3,5,11-13H2,(H,21,22)/t17-/m0/s1. The van der Waals surface area contributed by atoms with E-state index in [1.54, 1.807) is 24.3 Å². The van der Waals surface area contributed by atoms with Crippen LogP contribution in [0.5, 0.6) is 5.75 Å². The Morgan fingerprint density at radius 1 is 1.21 bits per heavy atom. The predicted octanol–water partition coefficient (Wildman–Crippen LogP) is 3.83. The lowest BCUT2D eigenvalue weighted by Crippen LogP contribution is -2.31. The highest BCUT2D eigenvalue weighted by Gasteiger charge is 2.16. The summed E-state index contributed by atoms with van der Waals surface area (Å²) in [5, 5.41) is 3.59. The van der Waals surface area contributed by atoms with Gasteiger partial charge in [-0.15, -0.1) is 0 Å². The Kier molecular flexibility index (Phi) is 5.72. The molecule has 0 bridgehead atoms. The molecule has 5 heteroatoms. The molecule has 1 saturated heterocycles. The molecule has 1 amide bonds. The number of hydrogen-bond acceptors (Lipinski definition) is 3. The highest BCUT2D eigenvalue weighted by Crippen LogP contribution is 2.19. The van der Waals surface area contributed by atoms with Crippen molar-refractivity contribution in [2.45, 2.75) is 25.6 Å². The van der Waals surface area contributed by atoms with Gasteiger partial charge in [0.15, 0.2) is 0 Å². The quantitative estimate of drug-likeness (QED) is 0.865. The average Bonchev–Trinajstić information content (AvgIpc) is 3.13. The molecular formula is C19H20ClNO3. The van der Waals surface area contributed by atoms with Crippen LogP contribution in [0.25, 0.3) is 0 Å². The number of rotatable bonds is 6. The molecule has 1 atom stereocenters. The van der Waals surface area contributed by atoms with Gasteiger partial charge in [-0.25, -0.2) is 0 Å². The van der Waals surface area contributed by atoms with Crippen molar-refractivity contribution >= 4 is 17.5 Å². The molecule has 1 N–H and O–H groups in total. The Hall–Kier alpha value is -2.04. The second-order valence-corrected chi connectivity index (χ2v) is 6.16. The zero-order valence-corrected chi connectivity index (χ0v) is 14.1. The topological polar surface area (TPSA) is 47.6 Å². The van der Waals surface area contributed by atoms with Gasteiger partial charge in [-0.2, -0.15) is 0 Å². The third-order valence-corrected chi connectivity index (χ3v) is 4.35. The highest BCUT2D eigenvalue weighted by atomic mass is 35.5. The van der Waals surface area contributed by atoms with Crippen LogP contribution in [0, 0.1) is 0 Å².